The fraction of sp³-hybridized carbons (Fsp3) is 0.0909. The minimum Gasteiger partial charge on any atom is -0.476 e. The molecule has 0 saturated heterocycles. The molecule has 0 unspecified atom stereocenters. The molecule has 6 heteroatoms. The highest BCUT2D eigenvalue weighted by molar-refractivity contribution is 5.92. The maximum Gasteiger partial charge on any atom is 0.357 e. The van der Waals surface area contributed by atoms with Gasteiger partial charge in [0.1, 0.15) is 11.6 Å². The number of nitrogens with zero attached hydrogens (tertiary/aromatic N) is 3. The average molecular weight is 371 g/mol. The maximum atomic E-state index is 12.9. The minimum atomic E-state index is -1.32. The van der Waals surface area contributed by atoms with Crippen molar-refractivity contribution in [2.45, 2.75) is 13.8 Å². The summed E-state index contributed by atoms with van der Waals surface area (Å²) in [4.78, 5) is 24.7. The Morgan fingerprint density at radius 3 is 2.43 bits per heavy atom. The van der Waals surface area contributed by atoms with Crippen LogP contribution in [-0.4, -0.2) is 20.9 Å². The Morgan fingerprint density at radius 2 is 1.82 bits per heavy atom. The molecule has 0 aliphatic carbocycles. The van der Waals surface area contributed by atoms with Crippen molar-refractivity contribution in [3.63, 3.8) is 0 Å². The third kappa shape index (κ3) is 3.60. The molecule has 0 spiro atoms. The summed E-state index contributed by atoms with van der Waals surface area (Å²) in [5.41, 5.74) is 1.87. The predicted octanol–water partition coefficient (Wildman–Crippen LogP) is 3.59. The highest BCUT2D eigenvalue weighted by Crippen LogP contribution is 2.17. The molecule has 1 heterocycles. The van der Waals surface area contributed by atoms with Crippen LogP contribution < -0.4 is 5.56 Å². The molecule has 6 nitrogen and oxygen atoms in total. The molecule has 1 N–H and O–H groups in total. The van der Waals surface area contributed by atoms with Crippen LogP contribution in [0, 0.1) is 25.2 Å². The van der Waals surface area contributed by atoms with Gasteiger partial charge in [0.2, 0.25) is 0 Å². The van der Waals surface area contributed by atoms with E-state index >= 15 is 0 Å². The van der Waals surface area contributed by atoms with Crippen molar-refractivity contribution >= 4 is 18.1 Å². The van der Waals surface area contributed by atoms with Gasteiger partial charge >= 0.3 is 5.97 Å². The van der Waals surface area contributed by atoms with Gasteiger partial charge in [0, 0.05) is 5.56 Å². The van der Waals surface area contributed by atoms with Crippen molar-refractivity contribution < 1.29 is 9.90 Å². The van der Waals surface area contributed by atoms with E-state index in [0.29, 0.717) is 5.69 Å². The fourth-order valence-corrected chi connectivity index (χ4v) is 2.74. The summed E-state index contributed by atoms with van der Waals surface area (Å²) in [6.07, 6.45) is 3.08. The first kappa shape index (κ1) is 18.8. The van der Waals surface area contributed by atoms with Crippen LogP contribution in [0.1, 0.15) is 38.3 Å². The van der Waals surface area contributed by atoms with E-state index in [1.807, 2.05) is 56.3 Å². The van der Waals surface area contributed by atoms with Crippen molar-refractivity contribution in [1.29, 1.82) is 5.26 Å². The van der Waals surface area contributed by atoms with E-state index in [2.05, 4.69) is 5.10 Å². The molecule has 0 radical (unpaired) electrons. The second kappa shape index (κ2) is 7.72. The second-order valence-corrected chi connectivity index (χ2v) is 6.28. The van der Waals surface area contributed by atoms with Gasteiger partial charge in [0.25, 0.3) is 5.56 Å². The highest BCUT2D eigenvalue weighted by Gasteiger charge is 2.21. The lowest BCUT2D eigenvalue weighted by Gasteiger charge is -2.11. The van der Waals surface area contributed by atoms with E-state index in [1.54, 1.807) is 18.2 Å². The lowest BCUT2D eigenvalue weighted by Crippen LogP contribution is -2.28. The predicted molar refractivity (Wildman–Crippen MR) is 106 cm³/mol. The van der Waals surface area contributed by atoms with E-state index in [-0.39, 0.29) is 16.8 Å². The van der Waals surface area contributed by atoms with Gasteiger partial charge in [-0.2, -0.15) is 15.0 Å². The minimum absolute atomic E-state index is 0.0102. The Balaban J connectivity index is 2.24. The highest BCUT2D eigenvalue weighted by atomic mass is 16.4. The van der Waals surface area contributed by atoms with Crippen LogP contribution in [0.5, 0.6) is 0 Å². The maximum absolute atomic E-state index is 12.9. The summed E-state index contributed by atoms with van der Waals surface area (Å²) < 4.78 is 0.967. The van der Waals surface area contributed by atoms with E-state index < -0.39 is 11.5 Å². The molecule has 0 aliphatic rings. The number of nitriles is 1. The van der Waals surface area contributed by atoms with Gasteiger partial charge in [-0.15, -0.1) is 0 Å². The molecule has 138 valence electrons. The second-order valence-electron chi connectivity index (χ2n) is 6.28. The first-order valence-electron chi connectivity index (χ1n) is 8.54. The Kier molecular flexibility index (Phi) is 5.18. The van der Waals surface area contributed by atoms with Gasteiger partial charge in [-0.3, -0.25) is 4.79 Å². The van der Waals surface area contributed by atoms with E-state index in [4.69, 9.17) is 0 Å². The van der Waals surface area contributed by atoms with Gasteiger partial charge in [0.15, 0.2) is 5.69 Å². The first-order valence-corrected chi connectivity index (χ1v) is 8.54. The monoisotopic (exact) mass is 371 g/mol. The molecule has 2 aromatic carbocycles. The molecule has 28 heavy (non-hydrogen) atoms. The molecule has 0 amide bonds. The van der Waals surface area contributed by atoms with Crippen LogP contribution >= 0.6 is 0 Å². The van der Waals surface area contributed by atoms with E-state index in [1.165, 1.54) is 6.08 Å². The van der Waals surface area contributed by atoms with Crippen molar-refractivity contribution in [3.05, 3.63) is 92.4 Å². The van der Waals surface area contributed by atoms with Crippen LogP contribution in [0.4, 0.5) is 0 Å². The number of rotatable bonds is 4. The summed E-state index contributed by atoms with van der Waals surface area (Å²) in [7, 11) is 0. The topological polar surface area (TPSA) is 96.0 Å². The molecular weight excluding hydrogens is 354 g/mol. The molecular formula is C22H17N3O3. The number of aromatic nitrogens is 2. The number of hydrogen-bond acceptors (Lipinski definition) is 4. The van der Waals surface area contributed by atoms with E-state index in [9.17, 15) is 20.0 Å². The Hall–Kier alpha value is -3.98. The normalized spacial score (nSPS) is 10.8. The van der Waals surface area contributed by atoms with Crippen molar-refractivity contribution in [2.24, 2.45) is 0 Å². The quantitative estimate of drug-likeness (QED) is 0.756. The smallest absolute Gasteiger partial charge is 0.357 e. The summed E-state index contributed by atoms with van der Waals surface area (Å²) in [5.74, 6) is -1.32. The molecule has 3 rings (SSSR count). The number of aryl methyl sites for hydroxylation is 2. The SMILES string of the molecule is Cc1ccc(-n2nc(C(=O)O)c(/C=C/c3ccccc3)c(C#N)c2=O)cc1C. The number of hydrogen-bond donors (Lipinski definition) is 1. The number of aromatic carboxylic acids is 1. The first-order chi connectivity index (χ1) is 13.4. The molecule has 0 atom stereocenters. The lowest BCUT2D eigenvalue weighted by atomic mass is 10.1. The zero-order chi connectivity index (χ0) is 20.3. The zero-order valence-corrected chi connectivity index (χ0v) is 15.4. The standard InChI is InChI=1S/C22H17N3O3/c1-14-8-10-17(12-15(14)2)25-21(26)19(13-23)18(20(24-25)22(27)28)11-9-16-6-4-3-5-7-16/h3-12H,1-2H3,(H,27,28)/b11-9+. The van der Waals surface area contributed by atoms with Gasteiger partial charge in [0.05, 0.1) is 5.69 Å². The van der Waals surface area contributed by atoms with E-state index in [0.717, 1.165) is 21.4 Å². The molecule has 0 saturated carbocycles. The Bertz CT molecular complexity index is 1190. The number of carboxylic acids is 1. The fourth-order valence-electron chi connectivity index (χ4n) is 2.74. The van der Waals surface area contributed by atoms with Crippen LogP contribution in [0.3, 0.4) is 0 Å². The molecule has 0 fully saturated rings. The lowest BCUT2D eigenvalue weighted by molar-refractivity contribution is 0.0688. The van der Waals surface area contributed by atoms with Gasteiger partial charge in [-0.05, 0) is 42.7 Å². The number of carboxylic acid groups (broad SMARTS) is 1. The Morgan fingerprint density at radius 1 is 1.11 bits per heavy atom. The molecule has 1 aromatic heterocycles. The summed E-state index contributed by atoms with van der Waals surface area (Å²) in [5, 5.41) is 23.2. The van der Waals surface area contributed by atoms with Crippen LogP contribution in [0.15, 0.2) is 53.3 Å². The van der Waals surface area contributed by atoms with Gasteiger partial charge < -0.3 is 5.11 Å². The third-order valence-corrected chi connectivity index (χ3v) is 4.42. The number of benzene rings is 2. The number of carbonyl (C=O) groups is 1. The molecule has 3 aromatic rings. The zero-order valence-electron chi connectivity index (χ0n) is 15.4. The summed E-state index contributed by atoms with van der Waals surface area (Å²) in [6, 6.07) is 16.2. The van der Waals surface area contributed by atoms with Crippen molar-refractivity contribution in [3.8, 4) is 11.8 Å². The van der Waals surface area contributed by atoms with Crippen molar-refractivity contribution in [1.82, 2.24) is 9.78 Å². The van der Waals surface area contributed by atoms with Crippen molar-refractivity contribution in [2.75, 3.05) is 0 Å². The summed E-state index contributed by atoms with van der Waals surface area (Å²) >= 11 is 0. The van der Waals surface area contributed by atoms with Gasteiger partial charge in [-0.25, -0.2) is 4.79 Å². The van der Waals surface area contributed by atoms with Crippen LogP contribution in [0.25, 0.3) is 17.8 Å². The average Bonchev–Trinajstić information content (AvgIpc) is 2.69. The molecule has 0 aliphatic heterocycles. The van der Waals surface area contributed by atoms with Crippen LogP contribution in [0.2, 0.25) is 0 Å². The largest absolute Gasteiger partial charge is 0.476 e. The Labute approximate surface area is 161 Å². The summed E-state index contributed by atoms with van der Waals surface area (Å²) in [6.45, 7) is 3.81. The molecule has 0 bridgehead atoms. The van der Waals surface area contributed by atoms with Gasteiger partial charge in [-0.1, -0.05) is 48.6 Å². The van der Waals surface area contributed by atoms with Crippen LogP contribution in [-0.2, 0) is 0 Å². The third-order valence-electron chi connectivity index (χ3n) is 4.42.